The molecule has 0 fully saturated rings. The van der Waals surface area contributed by atoms with Gasteiger partial charge in [-0.2, -0.15) is 0 Å². The summed E-state index contributed by atoms with van der Waals surface area (Å²) in [5.74, 6) is -0.131. The Balaban J connectivity index is 1.96. The zero-order valence-electron chi connectivity index (χ0n) is 20.7. The number of hydrogen-bond donors (Lipinski definition) is 0. The van der Waals surface area contributed by atoms with E-state index in [9.17, 15) is 9.18 Å². The maximum atomic E-state index is 13.7. The van der Waals surface area contributed by atoms with E-state index in [1.54, 1.807) is 24.3 Å². The SMILES string of the molecule is C=C/C=C(\C=C)c1cccc(N(Cc2ccc(-c3ccc(F)cc3)cc2)C(=O)C(CC)CCC)c1. The summed E-state index contributed by atoms with van der Waals surface area (Å²) in [6.07, 6.45) is 8.09. The monoisotopic (exact) mass is 467 g/mol. The van der Waals surface area contributed by atoms with E-state index in [0.717, 1.165) is 52.8 Å². The molecule has 1 atom stereocenters. The molecule has 2 nitrogen and oxygen atoms in total. The third-order valence-electron chi connectivity index (χ3n) is 6.23. The molecule has 0 bridgehead atoms. The van der Waals surface area contributed by atoms with E-state index < -0.39 is 0 Å². The van der Waals surface area contributed by atoms with Crippen LogP contribution < -0.4 is 4.90 Å². The Kier molecular flexibility index (Phi) is 9.37. The maximum Gasteiger partial charge on any atom is 0.230 e. The second kappa shape index (κ2) is 12.7. The Morgan fingerprint density at radius 1 is 0.971 bits per heavy atom. The Hall–Kier alpha value is -3.72. The quantitative estimate of drug-likeness (QED) is 0.259. The summed E-state index contributed by atoms with van der Waals surface area (Å²) in [6.45, 7) is 12.4. The number of benzene rings is 3. The standard InChI is InChI=1S/C32H34FNO/c1-5-10-25(7-3)29-12-9-13-31(22-29)34(32(35)26(8-4)11-6-2)23-24-14-16-27(17-15-24)28-18-20-30(33)21-19-28/h5,7,9-10,12-22,26H,1,3,6,8,11,23H2,2,4H3/b25-10+. The van der Waals surface area contributed by atoms with Gasteiger partial charge in [0, 0.05) is 11.6 Å². The molecule has 3 heteroatoms. The molecule has 3 aromatic carbocycles. The lowest BCUT2D eigenvalue weighted by atomic mass is 9.97. The van der Waals surface area contributed by atoms with Crippen molar-refractivity contribution in [2.75, 3.05) is 4.90 Å². The van der Waals surface area contributed by atoms with Gasteiger partial charge in [-0.1, -0.05) is 100 Å². The van der Waals surface area contributed by atoms with Gasteiger partial charge in [0.1, 0.15) is 5.82 Å². The first kappa shape index (κ1) is 25.9. The first-order valence-corrected chi connectivity index (χ1v) is 12.2. The van der Waals surface area contributed by atoms with Crippen molar-refractivity contribution in [3.8, 4) is 11.1 Å². The van der Waals surface area contributed by atoms with Crippen LogP contribution in [0, 0.1) is 11.7 Å². The van der Waals surface area contributed by atoms with Gasteiger partial charge in [0.25, 0.3) is 0 Å². The maximum absolute atomic E-state index is 13.7. The smallest absolute Gasteiger partial charge is 0.230 e. The van der Waals surface area contributed by atoms with Crippen molar-refractivity contribution in [3.05, 3.63) is 121 Å². The summed E-state index contributed by atoms with van der Waals surface area (Å²) in [5.41, 5.74) is 5.81. The average Bonchev–Trinajstić information content (AvgIpc) is 2.89. The van der Waals surface area contributed by atoms with E-state index in [1.165, 1.54) is 12.1 Å². The summed E-state index contributed by atoms with van der Waals surface area (Å²) in [6, 6.07) is 22.6. The van der Waals surface area contributed by atoms with Crippen LogP contribution in [0.5, 0.6) is 0 Å². The summed E-state index contributed by atoms with van der Waals surface area (Å²) < 4.78 is 13.3. The summed E-state index contributed by atoms with van der Waals surface area (Å²) in [7, 11) is 0. The Morgan fingerprint density at radius 2 is 1.63 bits per heavy atom. The first-order chi connectivity index (χ1) is 17.0. The zero-order valence-corrected chi connectivity index (χ0v) is 20.7. The number of halogens is 1. The molecule has 3 aromatic rings. The Morgan fingerprint density at radius 3 is 2.20 bits per heavy atom. The molecule has 0 aliphatic rings. The Labute approximate surface area is 209 Å². The van der Waals surface area contributed by atoms with Gasteiger partial charge in [-0.05, 0) is 64.9 Å². The van der Waals surface area contributed by atoms with Gasteiger partial charge in [-0.15, -0.1) is 0 Å². The zero-order chi connectivity index (χ0) is 25.2. The fourth-order valence-electron chi connectivity index (χ4n) is 4.26. The molecule has 180 valence electrons. The predicted octanol–water partition coefficient (Wildman–Crippen LogP) is 8.61. The summed E-state index contributed by atoms with van der Waals surface area (Å²) >= 11 is 0. The molecule has 0 saturated carbocycles. The van der Waals surface area contributed by atoms with E-state index >= 15 is 0 Å². The molecule has 0 aromatic heterocycles. The van der Waals surface area contributed by atoms with Gasteiger partial charge in [0.15, 0.2) is 0 Å². The number of rotatable bonds is 11. The second-order valence-corrected chi connectivity index (χ2v) is 8.63. The molecule has 0 saturated heterocycles. The van der Waals surface area contributed by atoms with Gasteiger partial charge in [-0.3, -0.25) is 4.79 Å². The highest BCUT2D eigenvalue weighted by atomic mass is 19.1. The lowest BCUT2D eigenvalue weighted by molar-refractivity contribution is -0.122. The second-order valence-electron chi connectivity index (χ2n) is 8.63. The van der Waals surface area contributed by atoms with E-state index in [2.05, 4.69) is 27.0 Å². The molecule has 0 heterocycles. The number of hydrogen-bond acceptors (Lipinski definition) is 1. The van der Waals surface area contributed by atoms with Crippen LogP contribution >= 0.6 is 0 Å². The summed E-state index contributed by atoms with van der Waals surface area (Å²) in [4.78, 5) is 15.6. The Bertz CT molecular complexity index is 1170. The molecular formula is C32H34FNO. The van der Waals surface area contributed by atoms with Crippen LogP contribution in [0.2, 0.25) is 0 Å². The van der Waals surface area contributed by atoms with Crippen LogP contribution in [-0.2, 0) is 11.3 Å². The van der Waals surface area contributed by atoms with Crippen LogP contribution in [0.25, 0.3) is 16.7 Å². The van der Waals surface area contributed by atoms with E-state index in [-0.39, 0.29) is 17.6 Å². The van der Waals surface area contributed by atoms with Crippen molar-refractivity contribution in [1.29, 1.82) is 0 Å². The normalized spacial score (nSPS) is 12.1. The number of nitrogens with zero attached hydrogens (tertiary/aromatic N) is 1. The average molecular weight is 468 g/mol. The first-order valence-electron chi connectivity index (χ1n) is 12.2. The van der Waals surface area contributed by atoms with Gasteiger partial charge in [0.05, 0.1) is 6.54 Å². The van der Waals surface area contributed by atoms with Gasteiger partial charge >= 0.3 is 0 Å². The molecule has 35 heavy (non-hydrogen) atoms. The van der Waals surface area contributed by atoms with Gasteiger partial charge in [0.2, 0.25) is 5.91 Å². The molecule has 1 unspecified atom stereocenters. The van der Waals surface area contributed by atoms with Gasteiger partial charge < -0.3 is 4.90 Å². The van der Waals surface area contributed by atoms with Crippen molar-refractivity contribution in [3.63, 3.8) is 0 Å². The van der Waals surface area contributed by atoms with Gasteiger partial charge in [-0.25, -0.2) is 4.39 Å². The number of anilines is 1. The van der Waals surface area contributed by atoms with E-state index in [0.29, 0.717) is 6.54 Å². The number of carbonyl (C=O) groups is 1. The van der Waals surface area contributed by atoms with Crippen LogP contribution in [0.4, 0.5) is 10.1 Å². The minimum absolute atomic E-state index is 0.0234. The highest BCUT2D eigenvalue weighted by Crippen LogP contribution is 2.28. The topological polar surface area (TPSA) is 20.3 Å². The minimum atomic E-state index is -0.248. The highest BCUT2D eigenvalue weighted by molar-refractivity contribution is 5.95. The lowest BCUT2D eigenvalue weighted by Crippen LogP contribution is -2.35. The molecular weight excluding hydrogens is 433 g/mol. The van der Waals surface area contributed by atoms with Crippen LogP contribution in [0.1, 0.15) is 44.2 Å². The molecule has 0 spiro atoms. The number of allylic oxidation sites excluding steroid dienone is 4. The summed E-state index contributed by atoms with van der Waals surface area (Å²) in [5, 5.41) is 0. The van der Waals surface area contributed by atoms with Crippen LogP contribution in [0.3, 0.4) is 0 Å². The van der Waals surface area contributed by atoms with Crippen LogP contribution in [-0.4, -0.2) is 5.91 Å². The molecule has 1 amide bonds. The fraction of sp³-hybridized carbons (Fsp3) is 0.219. The molecule has 3 rings (SSSR count). The predicted molar refractivity (Wildman–Crippen MR) is 147 cm³/mol. The van der Waals surface area contributed by atoms with Crippen molar-refractivity contribution in [2.45, 2.75) is 39.7 Å². The van der Waals surface area contributed by atoms with Crippen molar-refractivity contribution >= 4 is 17.2 Å². The van der Waals surface area contributed by atoms with Crippen molar-refractivity contribution in [2.24, 2.45) is 5.92 Å². The van der Waals surface area contributed by atoms with E-state index in [4.69, 9.17) is 0 Å². The van der Waals surface area contributed by atoms with Crippen LogP contribution in [0.15, 0.2) is 104 Å². The number of carbonyl (C=O) groups excluding carboxylic acids is 1. The minimum Gasteiger partial charge on any atom is -0.308 e. The highest BCUT2D eigenvalue weighted by Gasteiger charge is 2.24. The lowest BCUT2D eigenvalue weighted by Gasteiger charge is -2.28. The number of amides is 1. The molecule has 0 radical (unpaired) electrons. The van der Waals surface area contributed by atoms with Crippen molar-refractivity contribution < 1.29 is 9.18 Å². The van der Waals surface area contributed by atoms with E-state index in [1.807, 2.05) is 59.5 Å². The fourth-order valence-corrected chi connectivity index (χ4v) is 4.26. The third-order valence-corrected chi connectivity index (χ3v) is 6.23. The largest absolute Gasteiger partial charge is 0.308 e. The third kappa shape index (κ3) is 6.66. The molecule has 0 N–H and O–H groups in total. The van der Waals surface area contributed by atoms with Crippen molar-refractivity contribution in [1.82, 2.24) is 0 Å². The molecule has 0 aliphatic heterocycles. The molecule has 0 aliphatic carbocycles.